The van der Waals surface area contributed by atoms with Gasteiger partial charge in [-0.05, 0) is 24.3 Å². The highest BCUT2D eigenvalue weighted by molar-refractivity contribution is 9.10. The van der Waals surface area contributed by atoms with E-state index in [0.29, 0.717) is 15.4 Å². The molecule has 0 fully saturated rings. The highest BCUT2D eigenvalue weighted by atomic mass is 79.9. The molecule has 0 radical (unpaired) electrons. The number of nitrogens with zero attached hydrogens (tertiary/aromatic N) is 1. The molecule has 120 valence electrons. The van der Waals surface area contributed by atoms with Gasteiger partial charge < -0.3 is 0 Å². The van der Waals surface area contributed by atoms with Crippen molar-refractivity contribution in [1.82, 2.24) is 4.31 Å². The lowest BCUT2D eigenvalue weighted by Crippen LogP contribution is -2.31. The summed E-state index contributed by atoms with van der Waals surface area (Å²) in [6.45, 7) is 2.31. The highest BCUT2D eigenvalue weighted by Crippen LogP contribution is 2.25. The predicted molar refractivity (Wildman–Crippen MR) is 92.1 cm³/mol. The van der Waals surface area contributed by atoms with Crippen LogP contribution in [0.15, 0.2) is 34.8 Å². The van der Waals surface area contributed by atoms with Gasteiger partial charge in [0, 0.05) is 28.0 Å². The first kappa shape index (κ1) is 17.9. The number of halogens is 3. The average molecular weight is 427 g/mol. The normalized spacial score (nSPS) is 12.0. The van der Waals surface area contributed by atoms with E-state index in [0.717, 1.165) is 4.88 Å². The number of benzene rings is 1. The molecule has 22 heavy (non-hydrogen) atoms. The minimum absolute atomic E-state index is 0.158. The fourth-order valence-corrected chi connectivity index (χ4v) is 5.00. The van der Waals surface area contributed by atoms with E-state index in [1.54, 1.807) is 25.1 Å². The lowest BCUT2D eigenvalue weighted by atomic mass is 10.2. The Morgan fingerprint density at radius 3 is 2.59 bits per heavy atom. The molecule has 1 heterocycles. The fourth-order valence-electron chi connectivity index (χ4n) is 1.94. The highest BCUT2D eigenvalue weighted by Gasteiger charge is 2.23. The van der Waals surface area contributed by atoms with Crippen LogP contribution in [0.2, 0.25) is 4.34 Å². The van der Waals surface area contributed by atoms with Crippen molar-refractivity contribution >= 4 is 48.9 Å². The molecule has 0 atom stereocenters. The average Bonchev–Trinajstić information content (AvgIpc) is 2.84. The van der Waals surface area contributed by atoms with Gasteiger partial charge in [0.25, 0.3) is 0 Å². The summed E-state index contributed by atoms with van der Waals surface area (Å²) in [6.07, 6.45) is 0. The Hall–Kier alpha value is -0.470. The SMILES string of the molecule is CCN(Cc1ccc(Cl)s1)S(=O)(=O)Cc1ccc(Br)cc1F. The molecular weight excluding hydrogens is 413 g/mol. The number of hydrogen-bond acceptors (Lipinski definition) is 3. The van der Waals surface area contributed by atoms with E-state index in [1.165, 1.54) is 27.8 Å². The summed E-state index contributed by atoms with van der Waals surface area (Å²) in [4.78, 5) is 0.853. The van der Waals surface area contributed by atoms with Crippen LogP contribution in [0, 0.1) is 5.82 Å². The molecule has 0 bridgehead atoms. The Morgan fingerprint density at radius 2 is 2.05 bits per heavy atom. The first-order chi connectivity index (χ1) is 10.3. The summed E-state index contributed by atoms with van der Waals surface area (Å²) in [6, 6.07) is 7.90. The Kier molecular flexibility index (Phi) is 6.01. The maximum Gasteiger partial charge on any atom is 0.218 e. The number of hydrogen-bond donors (Lipinski definition) is 0. The van der Waals surface area contributed by atoms with Crippen molar-refractivity contribution in [2.24, 2.45) is 0 Å². The van der Waals surface area contributed by atoms with Crippen LogP contribution in [-0.4, -0.2) is 19.3 Å². The molecule has 0 saturated carbocycles. The zero-order chi connectivity index (χ0) is 16.3. The third-order valence-electron chi connectivity index (χ3n) is 3.06. The van der Waals surface area contributed by atoms with Gasteiger partial charge in [0.2, 0.25) is 10.0 Å². The quantitative estimate of drug-likeness (QED) is 0.674. The zero-order valence-electron chi connectivity index (χ0n) is 11.7. The van der Waals surface area contributed by atoms with Crippen LogP contribution in [0.25, 0.3) is 0 Å². The Balaban J connectivity index is 2.19. The number of sulfonamides is 1. The van der Waals surface area contributed by atoms with Gasteiger partial charge in [0.1, 0.15) is 5.82 Å². The molecule has 2 rings (SSSR count). The van der Waals surface area contributed by atoms with Crippen LogP contribution >= 0.6 is 38.9 Å². The van der Waals surface area contributed by atoms with Gasteiger partial charge >= 0.3 is 0 Å². The molecule has 2 aromatic rings. The maximum absolute atomic E-state index is 13.9. The molecule has 1 aromatic heterocycles. The van der Waals surface area contributed by atoms with Gasteiger partial charge in [-0.2, -0.15) is 4.31 Å². The van der Waals surface area contributed by atoms with Crippen molar-refractivity contribution < 1.29 is 12.8 Å². The third-order valence-corrected chi connectivity index (χ3v) is 6.62. The summed E-state index contributed by atoms with van der Waals surface area (Å²) in [5.41, 5.74) is 0.158. The van der Waals surface area contributed by atoms with Crippen LogP contribution in [0.4, 0.5) is 4.39 Å². The van der Waals surface area contributed by atoms with E-state index in [9.17, 15) is 12.8 Å². The van der Waals surface area contributed by atoms with Gasteiger partial charge in [0.05, 0.1) is 10.1 Å². The van der Waals surface area contributed by atoms with Gasteiger partial charge in [-0.15, -0.1) is 11.3 Å². The molecule has 0 aliphatic heterocycles. The van der Waals surface area contributed by atoms with E-state index in [2.05, 4.69) is 15.9 Å². The van der Waals surface area contributed by atoms with E-state index >= 15 is 0 Å². The van der Waals surface area contributed by atoms with Gasteiger partial charge in [-0.3, -0.25) is 0 Å². The summed E-state index contributed by atoms with van der Waals surface area (Å²) >= 11 is 10.4. The fraction of sp³-hybridized carbons (Fsp3) is 0.286. The van der Waals surface area contributed by atoms with E-state index in [-0.39, 0.29) is 17.9 Å². The van der Waals surface area contributed by atoms with Crippen molar-refractivity contribution in [3.05, 3.63) is 55.4 Å². The van der Waals surface area contributed by atoms with Gasteiger partial charge in [-0.25, -0.2) is 12.8 Å². The lowest BCUT2D eigenvalue weighted by molar-refractivity contribution is 0.425. The lowest BCUT2D eigenvalue weighted by Gasteiger charge is -2.20. The molecule has 1 aromatic carbocycles. The van der Waals surface area contributed by atoms with E-state index in [4.69, 9.17) is 11.6 Å². The van der Waals surface area contributed by atoms with Crippen molar-refractivity contribution in [2.45, 2.75) is 19.2 Å². The predicted octanol–water partition coefficient (Wildman–Crippen LogP) is 4.66. The van der Waals surface area contributed by atoms with Gasteiger partial charge in [-0.1, -0.05) is 40.5 Å². The maximum atomic E-state index is 13.9. The zero-order valence-corrected chi connectivity index (χ0v) is 15.7. The largest absolute Gasteiger partial charge is 0.218 e. The second-order valence-electron chi connectivity index (χ2n) is 4.62. The van der Waals surface area contributed by atoms with Crippen molar-refractivity contribution in [3.63, 3.8) is 0 Å². The summed E-state index contributed by atoms with van der Waals surface area (Å²) in [5.74, 6) is -0.896. The molecule has 0 unspecified atom stereocenters. The molecule has 0 aliphatic carbocycles. The van der Waals surface area contributed by atoms with E-state index < -0.39 is 15.8 Å². The van der Waals surface area contributed by atoms with Crippen LogP contribution in [0.3, 0.4) is 0 Å². The van der Waals surface area contributed by atoms with Crippen LogP contribution in [0.1, 0.15) is 17.4 Å². The van der Waals surface area contributed by atoms with Gasteiger partial charge in [0.15, 0.2) is 0 Å². The number of thiophene rings is 1. The minimum Gasteiger partial charge on any atom is -0.212 e. The Morgan fingerprint density at radius 1 is 1.32 bits per heavy atom. The van der Waals surface area contributed by atoms with E-state index in [1.807, 2.05) is 0 Å². The third kappa shape index (κ3) is 4.52. The van der Waals surface area contributed by atoms with Crippen LogP contribution < -0.4 is 0 Å². The van der Waals surface area contributed by atoms with Crippen molar-refractivity contribution in [2.75, 3.05) is 6.54 Å². The van der Waals surface area contributed by atoms with Crippen LogP contribution in [0.5, 0.6) is 0 Å². The molecular formula is C14H14BrClFNO2S2. The second-order valence-corrected chi connectivity index (χ2v) is 9.31. The topological polar surface area (TPSA) is 37.4 Å². The molecule has 0 amide bonds. The van der Waals surface area contributed by atoms with Crippen LogP contribution in [-0.2, 0) is 22.3 Å². The molecule has 0 saturated heterocycles. The molecule has 8 heteroatoms. The Bertz CT molecular complexity index is 764. The smallest absolute Gasteiger partial charge is 0.212 e. The monoisotopic (exact) mass is 425 g/mol. The minimum atomic E-state index is -3.61. The van der Waals surface area contributed by atoms with Crippen molar-refractivity contribution in [1.29, 1.82) is 0 Å². The molecule has 0 aliphatic rings. The molecule has 3 nitrogen and oxygen atoms in total. The summed E-state index contributed by atoms with van der Waals surface area (Å²) < 4.78 is 41.4. The molecule has 0 spiro atoms. The second kappa shape index (κ2) is 7.40. The number of rotatable bonds is 6. The standard InChI is InChI=1S/C14H14BrClFNO2S2/c1-2-18(8-12-5-6-14(16)21-12)22(19,20)9-10-3-4-11(15)7-13(10)17/h3-7H,2,8-9H2,1H3. The first-order valence-electron chi connectivity index (χ1n) is 6.48. The van der Waals surface area contributed by atoms with Crippen molar-refractivity contribution in [3.8, 4) is 0 Å². The summed E-state index contributed by atoms with van der Waals surface area (Å²) in [5, 5.41) is 0. The first-order valence-corrected chi connectivity index (χ1v) is 10.1. The molecule has 0 N–H and O–H groups in total. The Labute approximate surface area is 146 Å². The summed E-state index contributed by atoms with van der Waals surface area (Å²) in [7, 11) is -3.61.